The van der Waals surface area contributed by atoms with Crippen molar-refractivity contribution in [2.75, 3.05) is 29.6 Å². The summed E-state index contributed by atoms with van der Waals surface area (Å²) in [5.41, 5.74) is 3.58. The minimum Gasteiger partial charge on any atom is -0.378 e. The molecule has 0 radical (unpaired) electrons. The Balaban J connectivity index is 1.65. The van der Waals surface area contributed by atoms with Crippen molar-refractivity contribution < 1.29 is 4.79 Å². The molecular formula is C20H21N5O. The molecule has 0 atom stereocenters. The van der Waals surface area contributed by atoms with Crippen LogP contribution in [-0.2, 0) is 0 Å². The van der Waals surface area contributed by atoms with Crippen molar-refractivity contribution in [2.45, 2.75) is 6.92 Å². The molecule has 0 saturated carbocycles. The molecule has 3 rings (SSSR count). The monoisotopic (exact) mass is 347 g/mol. The van der Waals surface area contributed by atoms with Crippen LogP contribution >= 0.6 is 0 Å². The van der Waals surface area contributed by atoms with Crippen LogP contribution in [0, 0.1) is 6.92 Å². The van der Waals surface area contributed by atoms with Gasteiger partial charge < -0.3 is 15.5 Å². The van der Waals surface area contributed by atoms with Gasteiger partial charge in [0.2, 0.25) is 0 Å². The molecule has 0 aliphatic heterocycles. The van der Waals surface area contributed by atoms with Gasteiger partial charge in [-0.15, -0.1) is 10.2 Å². The quantitative estimate of drug-likeness (QED) is 0.734. The van der Waals surface area contributed by atoms with Crippen LogP contribution in [0.5, 0.6) is 0 Å². The molecule has 1 heterocycles. The highest BCUT2D eigenvalue weighted by atomic mass is 16.1. The maximum atomic E-state index is 12.3. The maximum Gasteiger partial charge on any atom is 0.257 e. The number of nitrogens with one attached hydrogen (secondary N) is 2. The van der Waals surface area contributed by atoms with Crippen LogP contribution in [0.4, 0.5) is 23.0 Å². The van der Waals surface area contributed by atoms with E-state index in [1.54, 1.807) is 18.2 Å². The first-order valence-corrected chi connectivity index (χ1v) is 8.28. The van der Waals surface area contributed by atoms with Gasteiger partial charge in [-0.1, -0.05) is 18.2 Å². The van der Waals surface area contributed by atoms with Crippen molar-refractivity contribution >= 4 is 28.9 Å². The van der Waals surface area contributed by atoms with Gasteiger partial charge in [-0.05, 0) is 55.0 Å². The minimum absolute atomic E-state index is 0.197. The molecule has 1 amide bonds. The second kappa shape index (κ2) is 7.65. The number of hydrogen-bond donors (Lipinski definition) is 2. The highest BCUT2D eigenvalue weighted by Crippen LogP contribution is 2.19. The van der Waals surface area contributed by atoms with Gasteiger partial charge in [0.05, 0.1) is 0 Å². The molecule has 6 heteroatoms. The van der Waals surface area contributed by atoms with Crippen molar-refractivity contribution in [1.82, 2.24) is 10.2 Å². The summed E-state index contributed by atoms with van der Waals surface area (Å²) in [6.45, 7) is 1.90. The third-order valence-electron chi connectivity index (χ3n) is 3.95. The van der Waals surface area contributed by atoms with Gasteiger partial charge in [0.15, 0.2) is 11.6 Å². The molecule has 0 bridgehead atoms. The van der Waals surface area contributed by atoms with Gasteiger partial charge in [0.1, 0.15) is 0 Å². The van der Waals surface area contributed by atoms with Crippen LogP contribution in [-0.4, -0.2) is 30.2 Å². The predicted octanol–water partition coefficient (Wildman–Crippen LogP) is 3.85. The fourth-order valence-corrected chi connectivity index (χ4v) is 2.47. The van der Waals surface area contributed by atoms with E-state index in [-0.39, 0.29) is 5.91 Å². The number of amides is 1. The average molecular weight is 347 g/mol. The van der Waals surface area contributed by atoms with Crippen LogP contribution in [0.1, 0.15) is 15.9 Å². The minimum atomic E-state index is -0.197. The molecular weight excluding hydrogens is 326 g/mol. The first-order chi connectivity index (χ1) is 12.5. The summed E-state index contributed by atoms with van der Waals surface area (Å²) in [6, 6.07) is 18.9. The number of carbonyl (C=O) groups excluding carboxylic acids is 1. The van der Waals surface area contributed by atoms with Crippen LogP contribution in [0.3, 0.4) is 0 Å². The lowest BCUT2D eigenvalue weighted by Crippen LogP contribution is -2.14. The maximum absolute atomic E-state index is 12.3. The lowest BCUT2D eigenvalue weighted by molar-refractivity contribution is 0.102. The number of hydrogen-bond acceptors (Lipinski definition) is 5. The van der Waals surface area contributed by atoms with E-state index in [2.05, 4.69) is 20.8 Å². The fraction of sp³-hybridized carbons (Fsp3) is 0.150. The Morgan fingerprint density at radius 3 is 2.15 bits per heavy atom. The molecule has 0 aliphatic carbocycles. The fourth-order valence-electron chi connectivity index (χ4n) is 2.47. The first-order valence-electron chi connectivity index (χ1n) is 8.28. The van der Waals surface area contributed by atoms with Crippen LogP contribution < -0.4 is 15.5 Å². The van der Waals surface area contributed by atoms with Gasteiger partial charge in [0, 0.05) is 31.0 Å². The van der Waals surface area contributed by atoms with Crippen molar-refractivity contribution in [2.24, 2.45) is 0 Å². The molecule has 0 aliphatic rings. The zero-order valence-electron chi connectivity index (χ0n) is 15.0. The summed E-state index contributed by atoms with van der Waals surface area (Å²) in [5, 5.41) is 14.1. The van der Waals surface area contributed by atoms with Crippen molar-refractivity contribution in [3.63, 3.8) is 0 Å². The molecule has 1 aromatic heterocycles. The Bertz CT molecular complexity index is 889. The van der Waals surface area contributed by atoms with Gasteiger partial charge >= 0.3 is 0 Å². The van der Waals surface area contributed by atoms with E-state index in [0.717, 1.165) is 16.9 Å². The molecule has 3 aromatic rings. The predicted molar refractivity (Wildman–Crippen MR) is 105 cm³/mol. The zero-order chi connectivity index (χ0) is 18.5. The standard InChI is InChI=1S/C20H21N5O/c1-14-6-4-5-7-17(14)20(26)22-19-13-12-18(23-24-19)21-15-8-10-16(11-9-15)25(2)3/h4-13H,1-3H3,(H,21,23)(H,22,24,26). The second-order valence-corrected chi connectivity index (χ2v) is 6.14. The van der Waals surface area contributed by atoms with Gasteiger partial charge in [-0.2, -0.15) is 0 Å². The summed E-state index contributed by atoms with van der Waals surface area (Å²) in [4.78, 5) is 14.3. The number of benzene rings is 2. The molecule has 132 valence electrons. The van der Waals surface area contributed by atoms with E-state index >= 15 is 0 Å². The molecule has 0 fully saturated rings. The van der Waals surface area contributed by atoms with Crippen molar-refractivity contribution in [1.29, 1.82) is 0 Å². The van der Waals surface area contributed by atoms with E-state index in [4.69, 9.17) is 0 Å². The number of anilines is 4. The van der Waals surface area contributed by atoms with Crippen LogP contribution in [0.2, 0.25) is 0 Å². The number of aromatic nitrogens is 2. The van der Waals surface area contributed by atoms with Gasteiger partial charge in [-0.25, -0.2) is 0 Å². The third-order valence-corrected chi connectivity index (χ3v) is 3.95. The van der Waals surface area contributed by atoms with E-state index in [0.29, 0.717) is 17.2 Å². The van der Waals surface area contributed by atoms with E-state index in [1.165, 1.54) is 0 Å². The summed E-state index contributed by atoms with van der Waals surface area (Å²) in [6.07, 6.45) is 0. The second-order valence-electron chi connectivity index (χ2n) is 6.14. The summed E-state index contributed by atoms with van der Waals surface area (Å²) < 4.78 is 0. The zero-order valence-corrected chi connectivity index (χ0v) is 15.0. The molecule has 0 saturated heterocycles. The summed E-state index contributed by atoms with van der Waals surface area (Å²) in [7, 11) is 4.00. The highest BCUT2D eigenvalue weighted by molar-refractivity contribution is 6.04. The Hall–Kier alpha value is -3.41. The average Bonchev–Trinajstić information content (AvgIpc) is 2.64. The third kappa shape index (κ3) is 4.16. The van der Waals surface area contributed by atoms with E-state index in [9.17, 15) is 4.79 Å². The van der Waals surface area contributed by atoms with Gasteiger partial charge in [0.25, 0.3) is 5.91 Å². The summed E-state index contributed by atoms with van der Waals surface area (Å²) in [5.74, 6) is 0.820. The largest absolute Gasteiger partial charge is 0.378 e. The SMILES string of the molecule is Cc1ccccc1C(=O)Nc1ccc(Nc2ccc(N(C)C)cc2)nn1. The number of nitrogens with zero attached hydrogens (tertiary/aromatic N) is 3. The number of carbonyl (C=O) groups is 1. The molecule has 0 spiro atoms. The smallest absolute Gasteiger partial charge is 0.257 e. The lowest BCUT2D eigenvalue weighted by atomic mass is 10.1. The van der Waals surface area contributed by atoms with Crippen molar-refractivity contribution in [3.8, 4) is 0 Å². The summed E-state index contributed by atoms with van der Waals surface area (Å²) >= 11 is 0. The Morgan fingerprint density at radius 2 is 1.54 bits per heavy atom. The van der Waals surface area contributed by atoms with Crippen LogP contribution in [0.25, 0.3) is 0 Å². The lowest BCUT2D eigenvalue weighted by Gasteiger charge is -2.13. The van der Waals surface area contributed by atoms with Gasteiger partial charge in [-0.3, -0.25) is 4.79 Å². The Labute approximate surface area is 152 Å². The molecule has 2 N–H and O–H groups in total. The number of aryl methyl sites for hydroxylation is 1. The van der Waals surface area contributed by atoms with E-state index in [1.807, 2.05) is 68.4 Å². The first kappa shape index (κ1) is 17.4. The molecule has 0 unspecified atom stereocenters. The molecule has 2 aromatic carbocycles. The molecule has 6 nitrogen and oxygen atoms in total. The topological polar surface area (TPSA) is 70.2 Å². The number of rotatable bonds is 5. The van der Waals surface area contributed by atoms with Crippen LogP contribution in [0.15, 0.2) is 60.7 Å². The highest BCUT2D eigenvalue weighted by Gasteiger charge is 2.09. The van der Waals surface area contributed by atoms with Crippen molar-refractivity contribution in [3.05, 3.63) is 71.8 Å². The Kier molecular flexibility index (Phi) is 5.12. The van der Waals surface area contributed by atoms with E-state index < -0.39 is 0 Å². The molecule has 26 heavy (non-hydrogen) atoms. The normalized spacial score (nSPS) is 10.3. The Morgan fingerprint density at radius 1 is 0.885 bits per heavy atom.